The number of nitrogens with zero attached hydrogens (tertiary/aromatic N) is 4. The van der Waals surface area contributed by atoms with Gasteiger partial charge in [0.25, 0.3) is 0 Å². The summed E-state index contributed by atoms with van der Waals surface area (Å²) < 4.78 is 18.2. The molecule has 0 radical (unpaired) electrons. The molecule has 1 amide bonds. The van der Waals surface area contributed by atoms with E-state index in [0.29, 0.717) is 6.54 Å². The maximum absolute atomic E-state index is 11.8. The fraction of sp³-hybridized carbons (Fsp3) is 0.324. The van der Waals surface area contributed by atoms with Crippen molar-refractivity contribution in [2.24, 2.45) is 0 Å². The van der Waals surface area contributed by atoms with Gasteiger partial charge in [0, 0.05) is 63.6 Å². The summed E-state index contributed by atoms with van der Waals surface area (Å²) in [5.41, 5.74) is 5.95. The number of aliphatic hydroxyl groups excluding tert-OH is 1. The molecule has 3 atom stereocenters. The Morgan fingerprint density at radius 2 is 1.66 bits per heavy atom. The first-order valence-corrected chi connectivity index (χ1v) is 16.0. The highest BCUT2D eigenvalue weighted by atomic mass is 16.7. The lowest BCUT2D eigenvalue weighted by Crippen LogP contribution is -2.50. The highest BCUT2D eigenvalue weighted by Gasteiger charge is 2.34. The number of aromatic nitrogens is 2. The standard InChI is InChI=1S/C37H41N5O5/c1-2-21-45-37(44)40-24-28-5-3-6-32(22-28)29-11-13-31(14-12-29)35-46-33(23-34(47-35)30-9-7-27(26-43)8-10-30)25-41-17-19-42(20-18-41)36-38-15-4-16-39-36/h2-16,22,33-35,43H,1,17-21,23-26H2,(H,40,44)/t33-,34+,35+/m0/s1. The summed E-state index contributed by atoms with van der Waals surface area (Å²) in [5, 5.41) is 12.3. The van der Waals surface area contributed by atoms with Gasteiger partial charge in [-0.1, -0.05) is 79.4 Å². The SMILES string of the molecule is C=CCOC(=O)NCc1cccc(-c2ccc([C@@H]3O[C@H](CN4CCN(c5ncccn5)CC4)C[C@H](c4ccc(CO)cc4)O3)cc2)c1. The molecule has 2 saturated heterocycles. The topological polar surface area (TPSA) is 109 Å². The number of hydrogen-bond donors (Lipinski definition) is 2. The number of nitrogens with one attached hydrogen (secondary N) is 1. The second kappa shape index (κ2) is 15.8. The monoisotopic (exact) mass is 635 g/mol. The summed E-state index contributed by atoms with van der Waals surface area (Å²) in [6.07, 6.45) is 4.66. The largest absolute Gasteiger partial charge is 0.445 e. The molecule has 2 fully saturated rings. The van der Waals surface area contributed by atoms with Crippen LogP contribution in [0.4, 0.5) is 10.7 Å². The summed E-state index contributed by atoms with van der Waals surface area (Å²) in [6.45, 7) is 8.43. The molecule has 4 aromatic rings. The Balaban J connectivity index is 1.13. The quantitative estimate of drug-likeness (QED) is 0.209. The predicted molar refractivity (Wildman–Crippen MR) is 179 cm³/mol. The molecule has 10 nitrogen and oxygen atoms in total. The third kappa shape index (κ3) is 8.60. The molecule has 3 heterocycles. The number of carbonyl (C=O) groups is 1. The fourth-order valence-corrected chi connectivity index (χ4v) is 5.96. The smallest absolute Gasteiger partial charge is 0.407 e. The van der Waals surface area contributed by atoms with Crippen LogP contribution in [0.2, 0.25) is 0 Å². The van der Waals surface area contributed by atoms with Gasteiger partial charge in [0.15, 0.2) is 6.29 Å². The molecule has 0 unspecified atom stereocenters. The molecule has 0 spiro atoms. The number of carbonyl (C=O) groups excluding carboxylic acids is 1. The highest BCUT2D eigenvalue weighted by molar-refractivity contribution is 5.68. The molecule has 47 heavy (non-hydrogen) atoms. The van der Waals surface area contributed by atoms with E-state index in [0.717, 1.165) is 78.5 Å². The van der Waals surface area contributed by atoms with Gasteiger partial charge in [0.2, 0.25) is 5.95 Å². The van der Waals surface area contributed by atoms with E-state index >= 15 is 0 Å². The summed E-state index contributed by atoms with van der Waals surface area (Å²) in [6, 6.07) is 26.1. The Morgan fingerprint density at radius 3 is 2.38 bits per heavy atom. The number of benzene rings is 3. The van der Waals surface area contributed by atoms with E-state index in [9.17, 15) is 9.90 Å². The lowest BCUT2D eigenvalue weighted by Gasteiger charge is -2.40. The lowest BCUT2D eigenvalue weighted by atomic mass is 9.99. The molecule has 10 heteroatoms. The number of ether oxygens (including phenoxy) is 3. The van der Waals surface area contributed by atoms with Crippen LogP contribution in [-0.2, 0) is 27.4 Å². The average molecular weight is 636 g/mol. The van der Waals surface area contributed by atoms with Crippen molar-refractivity contribution >= 4 is 12.0 Å². The first kappa shape index (κ1) is 32.3. The van der Waals surface area contributed by atoms with Crippen molar-refractivity contribution in [2.45, 2.75) is 38.1 Å². The summed E-state index contributed by atoms with van der Waals surface area (Å²) >= 11 is 0. The van der Waals surface area contributed by atoms with Gasteiger partial charge in [-0.3, -0.25) is 4.90 Å². The van der Waals surface area contributed by atoms with Crippen LogP contribution in [0.25, 0.3) is 11.1 Å². The number of alkyl carbamates (subject to hydrolysis) is 1. The van der Waals surface area contributed by atoms with E-state index in [1.165, 1.54) is 6.08 Å². The molecular weight excluding hydrogens is 594 g/mol. The van der Waals surface area contributed by atoms with Gasteiger partial charge in [0.05, 0.1) is 18.8 Å². The van der Waals surface area contributed by atoms with Gasteiger partial charge in [-0.05, 0) is 39.9 Å². The molecule has 3 aromatic carbocycles. The van der Waals surface area contributed by atoms with Crippen LogP contribution in [0, 0.1) is 0 Å². The minimum atomic E-state index is -0.526. The second-order valence-corrected chi connectivity index (χ2v) is 11.7. The van der Waals surface area contributed by atoms with E-state index in [2.05, 4.69) is 62.0 Å². The number of hydrogen-bond acceptors (Lipinski definition) is 9. The molecule has 0 aliphatic carbocycles. The number of anilines is 1. The van der Waals surface area contributed by atoms with E-state index < -0.39 is 12.4 Å². The lowest BCUT2D eigenvalue weighted by molar-refractivity contribution is -0.253. The van der Waals surface area contributed by atoms with E-state index in [1.807, 2.05) is 48.5 Å². The van der Waals surface area contributed by atoms with E-state index in [-0.39, 0.29) is 25.4 Å². The van der Waals surface area contributed by atoms with Crippen molar-refractivity contribution in [2.75, 3.05) is 44.2 Å². The third-order valence-electron chi connectivity index (χ3n) is 8.50. The van der Waals surface area contributed by atoms with Crippen LogP contribution in [0.3, 0.4) is 0 Å². The van der Waals surface area contributed by atoms with Crippen LogP contribution in [0.5, 0.6) is 0 Å². The first-order valence-electron chi connectivity index (χ1n) is 16.0. The van der Waals surface area contributed by atoms with Crippen molar-refractivity contribution in [1.82, 2.24) is 20.2 Å². The zero-order chi connectivity index (χ0) is 32.4. The van der Waals surface area contributed by atoms with Crippen molar-refractivity contribution in [1.29, 1.82) is 0 Å². The van der Waals surface area contributed by atoms with Gasteiger partial charge in [0.1, 0.15) is 6.61 Å². The second-order valence-electron chi connectivity index (χ2n) is 11.7. The molecule has 1 aromatic heterocycles. The van der Waals surface area contributed by atoms with Crippen LogP contribution in [0.15, 0.2) is 104 Å². The highest BCUT2D eigenvalue weighted by Crippen LogP contribution is 2.38. The molecule has 6 rings (SSSR count). The molecule has 2 aliphatic heterocycles. The zero-order valence-electron chi connectivity index (χ0n) is 26.4. The Bertz CT molecular complexity index is 1590. The molecule has 2 N–H and O–H groups in total. The Morgan fingerprint density at radius 1 is 0.915 bits per heavy atom. The summed E-state index contributed by atoms with van der Waals surface area (Å²) in [5.74, 6) is 0.775. The van der Waals surface area contributed by atoms with Crippen molar-refractivity contribution in [3.8, 4) is 11.1 Å². The van der Waals surface area contributed by atoms with Crippen LogP contribution >= 0.6 is 0 Å². The minimum Gasteiger partial charge on any atom is -0.445 e. The normalized spacial score (nSPS) is 20.0. The Hall–Kier alpha value is -4.61. The first-order chi connectivity index (χ1) is 23.1. The zero-order valence-corrected chi connectivity index (χ0v) is 26.4. The van der Waals surface area contributed by atoms with Gasteiger partial charge in [-0.15, -0.1) is 0 Å². The third-order valence-corrected chi connectivity index (χ3v) is 8.50. The molecule has 0 bridgehead atoms. The maximum Gasteiger partial charge on any atom is 0.407 e. The van der Waals surface area contributed by atoms with Gasteiger partial charge >= 0.3 is 6.09 Å². The van der Waals surface area contributed by atoms with Crippen molar-refractivity contribution < 1.29 is 24.1 Å². The van der Waals surface area contributed by atoms with Gasteiger partial charge in [-0.25, -0.2) is 14.8 Å². The Kier molecular flexibility index (Phi) is 10.9. The minimum absolute atomic E-state index is 0.00814. The number of aliphatic hydroxyl groups is 1. The molecule has 2 aliphatic rings. The van der Waals surface area contributed by atoms with Crippen LogP contribution < -0.4 is 10.2 Å². The molecule has 244 valence electrons. The Labute approximate surface area is 275 Å². The van der Waals surface area contributed by atoms with Gasteiger partial charge in [-0.2, -0.15) is 0 Å². The van der Waals surface area contributed by atoms with E-state index in [4.69, 9.17) is 14.2 Å². The molecule has 0 saturated carbocycles. The number of piperazine rings is 1. The maximum atomic E-state index is 11.8. The fourth-order valence-electron chi connectivity index (χ4n) is 5.96. The molecular formula is C37H41N5O5. The summed E-state index contributed by atoms with van der Waals surface area (Å²) in [7, 11) is 0. The van der Waals surface area contributed by atoms with Gasteiger partial charge < -0.3 is 29.5 Å². The average Bonchev–Trinajstić information content (AvgIpc) is 3.14. The number of rotatable bonds is 11. The van der Waals surface area contributed by atoms with Crippen LogP contribution in [-0.4, -0.2) is 71.5 Å². The van der Waals surface area contributed by atoms with E-state index in [1.54, 1.807) is 12.4 Å². The van der Waals surface area contributed by atoms with Crippen molar-refractivity contribution in [3.63, 3.8) is 0 Å². The summed E-state index contributed by atoms with van der Waals surface area (Å²) in [4.78, 5) is 25.3. The number of amides is 1. The predicted octanol–water partition coefficient (Wildman–Crippen LogP) is 5.42. The van der Waals surface area contributed by atoms with Crippen molar-refractivity contribution in [3.05, 3.63) is 126 Å². The van der Waals surface area contributed by atoms with Crippen LogP contribution in [0.1, 0.15) is 41.1 Å².